The lowest BCUT2D eigenvalue weighted by Crippen LogP contribution is -2.38. The molecule has 0 bridgehead atoms. The van der Waals surface area contributed by atoms with E-state index in [0.717, 1.165) is 12.0 Å². The van der Waals surface area contributed by atoms with E-state index in [9.17, 15) is 4.79 Å². The van der Waals surface area contributed by atoms with Crippen LogP contribution in [0.25, 0.3) is 0 Å². The lowest BCUT2D eigenvalue weighted by Gasteiger charge is -2.17. The Bertz CT molecular complexity index is 421. The normalized spacial score (nSPS) is 11.8. The molecule has 1 aromatic rings. The highest BCUT2D eigenvalue weighted by Crippen LogP contribution is 2.25. The average molecular weight is 266 g/mol. The number of aryl methyl sites for hydroxylation is 1. The molecule has 0 aliphatic rings. The molecular weight excluding hydrogens is 244 g/mol. The number of urea groups is 1. The van der Waals surface area contributed by atoms with Crippen molar-refractivity contribution < 1.29 is 14.6 Å². The highest BCUT2D eigenvalue weighted by Gasteiger charge is 2.11. The first-order valence-corrected chi connectivity index (χ1v) is 6.43. The van der Waals surface area contributed by atoms with E-state index in [4.69, 9.17) is 9.84 Å². The summed E-state index contributed by atoms with van der Waals surface area (Å²) < 4.78 is 5.22. The van der Waals surface area contributed by atoms with Crippen molar-refractivity contribution in [1.29, 1.82) is 0 Å². The molecule has 0 aliphatic heterocycles. The van der Waals surface area contributed by atoms with Crippen LogP contribution in [-0.4, -0.2) is 30.9 Å². The van der Waals surface area contributed by atoms with E-state index in [1.165, 1.54) is 0 Å². The first-order chi connectivity index (χ1) is 9.10. The van der Waals surface area contributed by atoms with Gasteiger partial charge in [-0.15, -0.1) is 0 Å². The minimum Gasteiger partial charge on any atom is -0.495 e. The molecule has 0 saturated heterocycles. The SMILES string of the molecule is CCC(CCO)NC(=O)Nc1ccc(C)cc1OC. The molecule has 1 aromatic carbocycles. The zero-order valence-electron chi connectivity index (χ0n) is 11.7. The van der Waals surface area contributed by atoms with Crippen molar-refractivity contribution in [3.05, 3.63) is 23.8 Å². The summed E-state index contributed by atoms with van der Waals surface area (Å²) in [7, 11) is 1.57. The molecule has 106 valence electrons. The second-order valence-corrected chi connectivity index (χ2v) is 4.42. The maximum atomic E-state index is 11.9. The minimum absolute atomic E-state index is 0.0264. The van der Waals surface area contributed by atoms with Crippen molar-refractivity contribution in [1.82, 2.24) is 5.32 Å². The van der Waals surface area contributed by atoms with Gasteiger partial charge in [0.15, 0.2) is 0 Å². The molecule has 0 heterocycles. The van der Waals surface area contributed by atoms with Gasteiger partial charge in [-0.05, 0) is 37.5 Å². The van der Waals surface area contributed by atoms with Crippen molar-refractivity contribution in [3.8, 4) is 5.75 Å². The van der Waals surface area contributed by atoms with Crippen LogP contribution in [0.4, 0.5) is 10.5 Å². The Hall–Kier alpha value is -1.75. The Kier molecular flexibility index (Phi) is 6.15. The summed E-state index contributed by atoms with van der Waals surface area (Å²) in [5.74, 6) is 0.630. The predicted octanol–water partition coefficient (Wildman–Crippen LogP) is 2.29. The molecule has 5 nitrogen and oxygen atoms in total. The molecule has 0 aromatic heterocycles. The molecule has 0 saturated carbocycles. The molecule has 5 heteroatoms. The van der Waals surface area contributed by atoms with Gasteiger partial charge in [-0.2, -0.15) is 0 Å². The molecule has 1 atom stereocenters. The Balaban J connectivity index is 2.66. The fourth-order valence-corrected chi connectivity index (χ4v) is 1.78. The number of ether oxygens (including phenoxy) is 1. The molecule has 3 N–H and O–H groups in total. The number of carbonyl (C=O) groups excluding carboxylic acids is 1. The van der Waals surface area contributed by atoms with Crippen molar-refractivity contribution in [2.45, 2.75) is 32.7 Å². The summed E-state index contributed by atoms with van der Waals surface area (Å²) in [6, 6.07) is 5.26. The number of nitrogens with one attached hydrogen (secondary N) is 2. The van der Waals surface area contributed by atoms with Gasteiger partial charge in [-0.25, -0.2) is 4.79 Å². The lowest BCUT2D eigenvalue weighted by molar-refractivity contribution is 0.237. The summed E-state index contributed by atoms with van der Waals surface area (Å²) >= 11 is 0. The monoisotopic (exact) mass is 266 g/mol. The Morgan fingerprint density at radius 2 is 2.21 bits per heavy atom. The van der Waals surface area contributed by atoms with Gasteiger partial charge in [0.05, 0.1) is 12.8 Å². The fraction of sp³-hybridized carbons (Fsp3) is 0.500. The van der Waals surface area contributed by atoms with Crippen LogP contribution in [0.1, 0.15) is 25.3 Å². The van der Waals surface area contributed by atoms with Crippen LogP contribution in [0, 0.1) is 6.92 Å². The van der Waals surface area contributed by atoms with E-state index in [2.05, 4.69) is 10.6 Å². The average Bonchev–Trinajstić information content (AvgIpc) is 2.40. The van der Waals surface area contributed by atoms with Gasteiger partial charge in [0.1, 0.15) is 5.75 Å². The number of methoxy groups -OCH3 is 1. The second kappa shape index (κ2) is 7.63. The Morgan fingerprint density at radius 1 is 1.47 bits per heavy atom. The molecule has 0 fully saturated rings. The van der Waals surface area contributed by atoms with Gasteiger partial charge in [-0.3, -0.25) is 0 Å². The van der Waals surface area contributed by atoms with Crippen LogP contribution >= 0.6 is 0 Å². The Morgan fingerprint density at radius 3 is 2.79 bits per heavy atom. The molecule has 1 rings (SSSR count). The quantitative estimate of drug-likeness (QED) is 0.740. The van der Waals surface area contributed by atoms with Crippen LogP contribution < -0.4 is 15.4 Å². The third-order valence-electron chi connectivity index (χ3n) is 2.91. The van der Waals surface area contributed by atoms with Crippen LogP contribution in [0.5, 0.6) is 5.75 Å². The highest BCUT2D eigenvalue weighted by molar-refractivity contribution is 5.91. The topological polar surface area (TPSA) is 70.6 Å². The van der Waals surface area contributed by atoms with Crippen LogP contribution in [-0.2, 0) is 0 Å². The minimum atomic E-state index is -0.289. The van der Waals surface area contributed by atoms with Gasteiger partial charge in [0.2, 0.25) is 0 Å². The van der Waals surface area contributed by atoms with Gasteiger partial charge >= 0.3 is 6.03 Å². The van der Waals surface area contributed by atoms with Crippen LogP contribution in [0.2, 0.25) is 0 Å². The van der Waals surface area contributed by atoms with E-state index in [1.807, 2.05) is 26.0 Å². The van der Waals surface area contributed by atoms with Crippen molar-refractivity contribution in [2.24, 2.45) is 0 Å². The third kappa shape index (κ3) is 4.79. The zero-order chi connectivity index (χ0) is 14.3. The number of aliphatic hydroxyl groups is 1. The third-order valence-corrected chi connectivity index (χ3v) is 2.91. The second-order valence-electron chi connectivity index (χ2n) is 4.42. The molecule has 0 aliphatic carbocycles. The maximum absolute atomic E-state index is 11.9. The van der Waals surface area contributed by atoms with Gasteiger partial charge < -0.3 is 20.5 Å². The van der Waals surface area contributed by atoms with Crippen molar-refractivity contribution in [3.63, 3.8) is 0 Å². The van der Waals surface area contributed by atoms with Crippen molar-refractivity contribution >= 4 is 11.7 Å². The number of aliphatic hydroxyl groups excluding tert-OH is 1. The largest absolute Gasteiger partial charge is 0.495 e. The summed E-state index contributed by atoms with van der Waals surface area (Å²) in [5.41, 5.74) is 1.69. The highest BCUT2D eigenvalue weighted by atomic mass is 16.5. The molecule has 2 amide bonds. The number of benzene rings is 1. The smallest absolute Gasteiger partial charge is 0.319 e. The summed E-state index contributed by atoms with van der Waals surface area (Å²) in [4.78, 5) is 11.9. The van der Waals surface area contributed by atoms with E-state index >= 15 is 0 Å². The maximum Gasteiger partial charge on any atom is 0.319 e. The van der Waals surface area contributed by atoms with Gasteiger partial charge in [0, 0.05) is 12.6 Å². The molecular formula is C14H22N2O3. The number of amides is 2. The number of carbonyl (C=O) groups is 1. The molecule has 1 unspecified atom stereocenters. The first-order valence-electron chi connectivity index (χ1n) is 6.43. The number of anilines is 1. The summed E-state index contributed by atoms with van der Waals surface area (Å²) in [5, 5.41) is 14.5. The molecule has 0 radical (unpaired) electrons. The molecule has 0 spiro atoms. The van der Waals surface area contributed by atoms with E-state index in [0.29, 0.717) is 17.9 Å². The van der Waals surface area contributed by atoms with E-state index < -0.39 is 0 Å². The first kappa shape index (κ1) is 15.3. The van der Waals surface area contributed by atoms with Crippen molar-refractivity contribution in [2.75, 3.05) is 19.0 Å². The number of hydrogen-bond acceptors (Lipinski definition) is 3. The zero-order valence-corrected chi connectivity index (χ0v) is 11.7. The van der Waals surface area contributed by atoms with Gasteiger partial charge in [0.25, 0.3) is 0 Å². The Labute approximate surface area is 114 Å². The van der Waals surface area contributed by atoms with Gasteiger partial charge in [-0.1, -0.05) is 13.0 Å². The predicted molar refractivity (Wildman–Crippen MR) is 75.7 cm³/mol. The standard InChI is InChI=1S/C14H22N2O3/c1-4-11(7-8-17)15-14(18)16-12-6-5-10(2)9-13(12)19-3/h5-6,9,11,17H,4,7-8H2,1-3H3,(H2,15,16,18). The number of rotatable bonds is 6. The van der Waals surface area contributed by atoms with Crippen LogP contribution in [0.3, 0.4) is 0 Å². The lowest BCUT2D eigenvalue weighted by atomic mass is 10.1. The molecule has 19 heavy (non-hydrogen) atoms. The number of hydrogen-bond donors (Lipinski definition) is 3. The summed E-state index contributed by atoms with van der Waals surface area (Å²) in [6.45, 7) is 3.99. The fourth-order valence-electron chi connectivity index (χ4n) is 1.78. The van der Waals surface area contributed by atoms with E-state index in [-0.39, 0.29) is 18.7 Å². The van der Waals surface area contributed by atoms with Crippen LogP contribution in [0.15, 0.2) is 18.2 Å². The van der Waals surface area contributed by atoms with E-state index in [1.54, 1.807) is 13.2 Å². The summed E-state index contributed by atoms with van der Waals surface area (Å²) in [6.07, 6.45) is 1.33.